The van der Waals surface area contributed by atoms with Gasteiger partial charge in [-0.05, 0) is 38.1 Å². The summed E-state index contributed by atoms with van der Waals surface area (Å²) in [4.78, 5) is 13.9. The number of esters is 1. The van der Waals surface area contributed by atoms with Gasteiger partial charge in [0.2, 0.25) is 0 Å². The maximum Gasteiger partial charge on any atom is 0.435 e. The Hall–Kier alpha value is -2.34. The highest BCUT2D eigenvalue weighted by Gasteiger charge is 2.40. The lowest BCUT2D eigenvalue weighted by Crippen LogP contribution is -2.14. The van der Waals surface area contributed by atoms with Crippen LogP contribution in [0.2, 0.25) is 0 Å². The molecule has 0 aliphatic heterocycles. The number of aromatic nitrogens is 1. The summed E-state index contributed by atoms with van der Waals surface area (Å²) in [6, 6.07) is 5.28. The van der Waals surface area contributed by atoms with Gasteiger partial charge in [-0.2, -0.15) is 13.2 Å². The molecule has 2 rings (SSSR count). The first kappa shape index (κ1) is 21.0. The molecule has 0 amide bonds. The van der Waals surface area contributed by atoms with Gasteiger partial charge in [0.25, 0.3) is 10.0 Å². The number of benzene rings is 1. The Kier molecular flexibility index (Phi) is 6.31. The molecule has 1 aromatic heterocycles. The van der Waals surface area contributed by atoms with Crippen molar-refractivity contribution < 1.29 is 35.9 Å². The first-order valence-electron chi connectivity index (χ1n) is 7.59. The van der Waals surface area contributed by atoms with Crippen LogP contribution in [-0.4, -0.2) is 32.6 Å². The number of nitrogens with one attached hydrogen (secondary N) is 1. The van der Waals surface area contributed by atoms with Crippen LogP contribution < -0.4 is 9.46 Å². The van der Waals surface area contributed by atoms with E-state index in [1.54, 1.807) is 6.92 Å². The molecular formula is C15H15F3N2O5S2. The monoisotopic (exact) mass is 424 g/mol. The molecule has 0 atom stereocenters. The summed E-state index contributed by atoms with van der Waals surface area (Å²) in [6.07, 6.45) is -4.94. The molecule has 1 N–H and O–H groups in total. The molecule has 27 heavy (non-hydrogen) atoms. The van der Waals surface area contributed by atoms with Gasteiger partial charge in [0.05, 0.1) is 18.1 Å². The molecule has 7 nitrogen and oxygen atoms in total. The summed E-state index contributed by atoms with van der Waals surface area (Å²) in [5.41, 5.74) is -1.50. The molecule has 1 heterocycles. The van der Waals surface area contributed by atoms with Gasteiger partial charge in [0.1, 0.15) is 10.6 Å². The molecule has 0 bridgehead atoms. The number of carbonyl (C=O) groups is 1. The molecular weight excluding hydrogens is 409 g/mol. The summed E-state index contributed by atoms with van der Waals surface area (Å²) in [5.74, 6) is -0.788. The SMILES string of the molecule is CCOC(=O)c1sc(NS(=O)(=O)c2ccc(OCC)cc2)nc1C(F)(F)F. The van der Waals surface area contributed by atoms with Crippen LogP contribution in [0.5, 0.6) is 5.75 Å². The van der Waals surface area contributed by atoms with Gasteiger partial charge >= 0.3 is 12.1 Å². The summed E-state index contributed by atoms with van der Waals surface area (Å²) >= 11 is 0.247. The minimum absolute atomic E-state index is 0.138. The Balaban J connectivity index is 2.34. The van der Waals surface area contributed by atoms with E-state index in [0.29, 0.717) is 12.4 Å². The molecule has 0 aliphatic rings. The van der Waals surface area contributed by atoms with E-state index in [9.17, 15) is 26.4 Å². The number of thiazole rings is 1. The maximum atomic E-state index is 13.1. The smallest absolute Gasteiger partial charge is 0.435 e. The largest absolute Gasteiger partial charge is 0.494 e. The Labute approximate surface area is 157 Å². The van der Waals surface area contributed by atoms with E-state index in [2.05, 4.69) is 9.72 Å². The molecule has 0 saturated carbocycles. The van der Waals surface area contributed by atoms with Gasteiger partial charge in [-0.15, -0.1) is 0 Å². The van der Waals surface area contributed by atoms with E-state index in [4.69, 9.17) is 4.74 Å². The summed E-state index contributed by atoms with van der Waals surface area (Å²) in [6.45, 7) is 3.44. The molecule has 0 spiro atoms. The summed E-state index contributed by atoms with van der Waals surface area (Å²) in [5, 5.41) is -0.598. The van der Waals surface area contributed by atoms with Crippen LogP contribution in [0.15, 0.2) is 29.2 Å². The zero-order valence-corrected chi connectivity index (χ0v) is 15.8. The fourth-order valence-corrected chi connectivity index (χ4v) is 4.06. The standard InChI is InChI=1S/C15H15F3N2O5S2/c1-3-24-9-5-7-10(8-6-9)27(22,23)20-14-19-12(15(16,17)18)11(26-14)13(21)25-4-2/h5-8H,3-4H2,1-2H3,(H,19,20). The number of sulfonamides is 1. The predicted molar refractivity (Wildman–Crippen MR) is 91.5 cm³/mol. The number of nitrogens with zero attached hydrogens (tertiary/aromatic N) is 1. The van der Waals surface area contributed by atoms with Crippen LogP contribution >= 0.6 is 11.3 Å². The van der Waals surface area contributed by atoms with E-state index in [1.807, 2.05) is 4.72 Å². The fraction of sp³-hybridized carbons (Fsp3) is 0.333. The van der Waals surface area contributed by atoms with E-state index in [1.165, 1.54) is 31.2 Å². The van der Waals surface area contributed by atoms with Crippen LogP contribution in [-0.2, 0) is 20.9 Å². The average Bonchev–Trinajstić information content (AvgIpc) is 2.99. The third-order valence-electron chi connectivity index (χ3n) is 3.02. The van der Waals surface area contributed by atoms with Crippen LogP contribution in [0.25, 0.3) is 0 Å². The first-order chi connectivity index (χ1) is 12.6. The van der Waals surface area contributed by atoms with E-state index in [-0.39, 0.29) is 22.8 Å². The number of alkyl halides is 3. The van der Waals surface area contributed by atoms with Crippen molar-refractivity contribution in [2.45, 2.75) is 24.9 Å². The second-order valence-corrected chi connectivity index (χ2v) is 7.61. The molecule has 1 aromatic carbocycles. The van der Waals surface area contributed by atoms with Crippen molar-refractivity contribution in [3.8, 4) is 5.75 Å². The number of hydrogen-bond donors (Lipinski definition) is 1. The highest BCUT2D eigenvalue weighted by Crippen LogP contribution is 2.37. The van der Waals surface area contributed by atoms with Gasteiger partial charge in [-0.1, -0.05) is 11.3 Å². The predicted octanol–water partition coefficient (Wildman–Crippen LogP) is 3.54. The van der Waals surface area contributed by atoms with Crippen molar-refractivity contribution in [1.29, 1.82) is 0 Å². The molecule has 0 radical (unpaired) electrons. The number of carbonyl (C=O) groups excluding carboxylic acids is 1. The van der Waals surface area contributed by atoms with Gasteiger partial charge < -0.3 is 9.47 Å². The number of rotatable bonds is 7. The number of anilines is 1. The minimum atomic E-state index is -4.94. The van der Waals surface area contributed by atoms with E-state index in [0.717, 1.165) is 0 Å². The second kappa shape index (κ2) is 8.13. The zero-order chi connectivity index (χ0) is 20.2. The van der Waals surface area contributed by atoms with Crippen LogP contribution in [0.1, 0.15) is 29.2 Å². The fourth-order valence-electron chi connectivity index (χ4n) is 1.95. The third kappa shape index (κ3) is 5.10. The summed E-state index contributed by atoms with van der Waals surface area (Å²) < 4.78 is 75.7. The minimum Gasteiger partial charge on any atom is -0.494 e. The molecule has 0 saturated heterocycles. The van der Waals surface area contributed by atoms with Gasteiger partial charge in [0, 0.05) is 0 Å². The van der Waals surface area contributed by atoms with Crippen molar-refractivity contribution in [2.75, 3.05) is 17.9 Å². The van der Waals surface area contributed by atoms with Crippen molar-refractivity contribution in [3.63, 3.8) is 0 Å². The maximum absolute atomic E-state index is 13.1. The highest BCUT2D eigenvalue weighted by molar-refractivity contribution is 7.93. The molecule has 0 unspecified atom stereocenters. The highest BCUT2D eigenvalue weighted by atomic mass is 32.2. The van der Waals surface area contributed by atoms with Crippen LogP contribution in [0.4, 0.5) is 18.3 Å². The molecule has 0 aliphatic carbocycles. The lowest BCUT2D eigenvalue weighted by Gasteiger charge is -2.07. The Bertz CT molecular complexity index is 909. The number of hydrogen-bond acceptors (Lipinski definition) is 7. The average molecular weight is 424 g/mol. The first-order valence-corrected chi connectivity index (χ1v) is 9.89. The lowest BCUT2D eigenvalue weighted by molar-refractivity contribution is -0.141. The molecule has 0 fully saturated rings. The molecule has 2 aromatic rings. The Morgan fingerprint density at radius 2 is 1.81 bits per heavy atom. The quantitative estimate of drug-likeness (QED) is 0.684. The van der Waals surface area contributed by atoms with Crippen molar-refractivity contribution >= 4 is 32.5 Å². The van der Waals surface area contributed by atoms with Crippen LogP contribution in [0, 0.1) is 0 Å². The number of ether oxygens (including phenoxy) is 2. The number of halogens is 3. The molecule has 12 heteroatoms. The van der Waals surface area contributed by atoms with Crippen molar-refractivity contribution in [2.24, 2.45) is 0 Å². The molecule has 148 valence electrons. The van der Waals surface area contributed by atoms with Crippen molar-refractivity contribution in [3.05, 3.63) is 34.8 Å². The topological polar surface area (TPSA) is 94.6 Å². The Morgan fingerprint density at radius 3 is 2.33 bits per heavy atom. The van der Waals surface area contributed by atoms with Crippen molar-refractivity contribution in [1.82, 2.24) is 4.98 Å². The van der Waals surface area contributed by atoms with E-state index < -0.39 is 37.9 Å². The van der Waals surface area contributed by atoms with Gasteiger partial charge in [0.15, 0.2) is 10.8 Å². The lowest BCUT2D eigenvalue weighted by atomic mass is 10.3. The third-order valence-corrected chi connectivity index (χ3v) is 5.46. The van der Waals surface area contributed by atoms with Gasteiger partial charge in [-0.3, -0.25) is 4.72 Å². The zero-order valence-electron chi connectivity index (χ0n) is 14.2. The van der Waals surface area contributed by atoms with Crippen LogP contribution in [0.3, 0.4) is 0 Å². The second-order valence-electron chi connectivity index (χ2n) is 4.92. The van der Waals surface area contributed by atoms with E-state index >= 15 is 0 Å². The normalized spacial score (nSPS) is 11.9. The summed E-state index contributed by atoms with van der Waals surface area (Å²) in [7, 11) is -4.21. The Morgan fingerprint density at radius 1 is 1.19 bits per heavy atom. The van der Waals surface area contributed by atoms with Gasteiger partial charge in [-0.25, -0.2) is 18.2 Å².